The Kier molecular flexibility index (Phi) is 3.18. The molecule has 3 aromatic rings. The number of hydrogen-bond acceptors (Lipinski definition) is 3. The first-order chi connectivity index (χ1) is 8.31. The highest BCUT2D eigenvalue weighted by Crippen LogP contribution is 2.25. The largest absolute Gasteiger partial charge is 0.381 e. The predicted octanol–water partition coefficient (Wildman–Crippen LogP) is 5.34. The van der Waals surface area contributed by atoms with E-state index < -0.39 is 0 Å². The van der Waals surface area contributed by atoms with E-state index in [4.69, 9.17) is 0 Å². The molecule has 1 N–H and O–H groups in total. The molecular formula is C13H10BrNS2. The number of fused-ring (bicyclic) bond motifs is 1. The molecule has 0 radical (unpaired) electrons. The summed E-state index contributed by atoms with van der Waals surface area (Å²) in [4.78, 5) is 0. The van der Waals surface area contributed by atoms with Gasteiger partial charge in [-0.15, -0.1) is 22.7 Å². The maximum Gasteiger partial charge on any atom is 0.0701 e. The molecule has 0 bridgehead atoms. The number of halogens is 1. The van der Waals surface area contributed by atoms with Gasteiger partial charge in [0.25, 0.3) is 0 Å². The normalized spacial score (nSPS) is 10.9. The van der Waals surface area contributed by atoms with Crippen LogP contribution in [0.2, 0.25) is 0 Å². The average molecular weight is 324 g/mol. The molecule has 0 amide bonds. The van der Waals surface area contributed by atoms with E-state index in [1.807, 2.05) is 0 Å². The Morgan fingerprint density at radius 1 is 1.12 bits per heavy atom. The fourth-order valence-corrected chi connectivity index (χ4v) is 3.70. The van der Waals surface area contributed by atoms with Crippen molar-refractivity contribution in [2.45, 2.75) is 6.54 Å². The molecule has 1 aromatic carbocycles. The van der Waals surface area contributed by atoms with Crippen molar-refractivity contribution < 1.29 is 0 Å². The van der Waals surface area contributed by atoms with Crippen molar-refractivity contribution in [3.63, 3.8) is 0 Å². The SMILES string of the molecule is Brc1cc(CNc2ccc3sccc3c2)cs1. The van der Waals surface area contributed by atoms with Crippen LogP contribution in [0.25, 0.3) is 10.1 Å². The molecule has 4 heteroatoms. The molecule has 3 rings (SSSR count). The standard InChI is InChI=1S/C13H10BrNS2/c14-13-5-9(8-17-13)7-15-11-1-2-12-10(6-11)3-4-16-12/h1-6,8,15H,7H2. The van der Waals surface area contributed by atoms with E-state index in [2.05, 4.69) is 62.3 Å². The van der Waals surface area contributed by atoms with Gasteiger partial charge < -0.3 is 5.32 Å². The molecule has 0 saturated heterocycles. The van der Waals surface area contributed by atoms with Gasteiger partial charge in [0.15, 0.2) is 0 Å². The van der Waals surface area contributed by atoms with Gasteiger partial charge in [0.2, 0.25) is 0 Å². The molecule has 2 aromatic heterocycles. The Morgan fingerprint density at radius 3 is 2.88 bits per heavy atom. The van der Waals surface area contributed by atoms with E-state index in [0.717, 1.165) is 6.54 Å². The number of benzene rings is 1. The molecule has 0 unspecified atom stereocenters. The molecule has 0 aliphatic rings. The number of nitrogens with one attached hydrogen (secondary N) is 1. The highest BCUT2D eigenvalue weighted by atomic mass is 79.9. The summed E-state index contributed by atoms with van der Waals surface area (Å²) < 4.78 is 2.52. The first kappa shape index (κ1) is 11.3. The molecule has 0 aliphatic carbocycles. The van der Waals surface area contributed by atoms with Gasteiger partial charge in [-0.05, 0) is 68.0 Å². The van der Waals surface area contributed by atoms with Crippen LogP contribution < -0.4 is 5.32 Å². The summed E-state index contributed by atoms with van der Waals surface area (Å²) in [6.45, 7) is 0.873. The van der Waals surface area contributed by atoms with Crippen LogP contribution in [0.1, 0.15) is 5.56 Å². The summed E-state index contributed by atoms with van der Waals surface area (Å²) in [6.07, 6.45) is 0. The first-order valence-electron chi connectivity index (χ1n) is 5.25. The van der Waals surface area contributed by atoms with Gasteiger partial charge in [0.1, 0.15) is 0 Å². The van der Waals surface area contributed by atoms with E-state index in [1.165, 1.54) is 25.1 Å². The molecule has 0 aliphatic heterocycles. The lowest BCUT2D eigenvalue weighted by Crippen LogP contribution is -1.97. The van der Waals surface area contributed by atoms with E-state index in [1.54, 1.807) is 22.7 Å². The highest BCUT2D eigenvalue weighted by Gasteiger charge is 1.99. The lowest BCUT2D eigenvalue weighted by atomic mass is 10.2. The highest BCUT2D eigenvalue weighted by molar-refractivity contribution is 9.11. The Morgan fingerprint density at radius 2 is 2.06 bits per heavy atom. The number of rotatable bonds is 3. The van der Waals surface area contributed by atoms with Crippen LogP contribution >= 0.6 is 38.6 Å². The monoisotopic (exact) mass is 323 g/mol. The van der Waals surface area contributed by atoms with Crippen molar-refractivity contribution in [2.75, 3.05) is 5.32 Å². The van der Waals surface area contributed by atoms with Gasteiger partial charge in [-0.25, -0.2) is 0 Å². The molecule has 0 fully saturated rings. The fraction of sp³-hybridized carbons (Fsp3) is 0.0769. The van der Waals surface area contributed by atoms with Crippen LogP contribution in [0.4, 0.5) is 5.69 Å². The zero-order chi connectivity index (χ0) is 11.7. The third kappa shape index (κ3) is 2.54. The maximum absolute atomic E-state index is 3.48. The minimum atomic E-state index is 0.873. The van der Waals surface area contributed by atoms with Gasteiger partial charge >= 0.3 is 0 Å². The van der Waals surface area contributed by atoms with Gasteiger partial charge in [0, 0.05) is 16.9 Å². The van der Waals surface area contributed by atoms with Crippen LogP contribution in [-0.2, 0) is 6.54 Å². The fourth-order valence-electron chi connectivity index (χ4n) is 1.72. The van der Waals surface area contributed by atoms with Crippen molar-refractivity contribution in [3.8, 4) is 0 Å². The molecule has 86 valence electrons. The van der Waals surface area contributed by atoms with Crippen LogP contribution in [0.3, 0.4) is 0 Å². The van der Waals surface area contributed by atoms with Crippen LogP contribution in [0.15, 0.2) is 44.9 Å². The molecule has 1 nitrogen and oxygen atoms in total. The van der Waals surface area contributed by atoms with Crippen molar-refractivity contribution >= 4 is 54.4 Å². The minimum absolute atomic E-state index is 0.873. The Balaban J connectivity index is 1.76. The smallest absolute Gasteiger partial charge is 0.0701 e. The first-order valence-corrected chi connectivity index (χ1v) is 7.80. The number of hydrogen-bond donors (Lipinski definition) is 1. The van der Waals surface area contributed by atoms with Crippen molar-refractivity contribution in [1.29, 1.82) is 0 Å². The van der Waals surface area contributed by atoms with Gasteiger partial charge in [-0.3, -0.25) is 0 Å². The Labute approximate surface area is 116 Å². The van der Waals surface area contributed by atoms with Crippen LogP contribution in [0, 0.1) is 0 Å². The minimum Gasteiger partial charge on any atom is -0.381 e. The zero-order valence-electron chi connectivity index (χ0n) is 8.94. The Bertz CT molecular complexity index is 641. The third-order valence-corrected chi connectivity index (χ3v) is 5.02. The Hall–Kier alpha value is -0.840. The summed E-state index contributed by atoms with van der Waals surface area (Å²) in [5.74, 6) is 0. The van der Waals surface area contributed by atoms with Gasteiger partial charge in [-0.2, -0.15) is 0 Å². The second kappa shape index (κ2) is 4.80. The van der Waals surface area contributed by atoms with Crippen molar-refractivity contribution in [1.82, 2.24) is 0 Å². The molecule has 2 heterocycles. The van der Waals surface area contributed by atoms with E-state index in [9.17, 15) is 0 Å². The third-order valence-electron chi connectivity index (χ3n) is 2.57. The predicted molar refractivity (Wildman–Crippen MR) is 81.2 cm³/mol. The summed E-state index contributed by atoms with van der Waals surface area (Å²) >= 11 is 6.98. The molecule has 0 spiro atoms. The number of anilines is 1. The summed E-state index contributed by atoms with van der Waals surface area (Å²) in [5.41, 5.74) is 2.49. The summed E-state index contributed by atoms with van der Waals surface area (Å²) in [7, 11) is 0. The topological polar surface area (TPSA) is 12.0 Å². The average Bonchev–Trinajstić information content (AvgIpc) is 2.94. The molecular weight excluding hydrogens is 314 g/mol. The van der Waals surface area contributed by atoms with Crippen LogP contribution in [0.5, 0.6) is 0 Å². The maximum atomic E-state index is 3.48. The second-order valence-corrected chi connectivity index (χ2v) is 7.02. The quantitative estimate of drug-likeness (QED) is 0.686. The lowest BCUT2D eigenvalue weighted by Gasteiger charge is -2.04. The summed E-state index contributed by atoms with van der Waals surface area (Å²) in [6, 6.07) is 10.8. The molecule has 0 saturated carbocycles. The molecule has 17 heavy (non-hydrogen) atoms. The number of thiophene rings is 2. The van der Waals surface area contributed by atoms with E-state index in [0.29, 0.717) is 0 Å². The van der Waals surface area contributed by atoms with Crippen molar-refractivity contribution in [3.05, 3.63) is 50.4 Å². The van der Waals surface area contributed by atoms with Gasteiger partial charge in [-0.1, -0.05) is 0 Å². The summed E-state index contributed by atoms with van der Waals surface area (Å²) in [5, 5.41) is 9.05. The van der Waals surface area contributed by atoms with Crippen molar-refractivity contribution in [2.24, 2.45) is 0 Å². The second-order valence-electron chi connectivity index (χ2n) is 3.79. The lowest BCUT2D eigenvalue weighted by molar-refractivity contribution is 1.17. The molecule has 0 atom stereocenters. The van der Waals surface area contributed by atoms with Gasteiger partial charge in [0.05, 0.1) is 3.79 Å². The van der Waals surface area contributed by atoms with Crippen LogP contribution in [-0.4, -0.2) is 0 Å². The zero-order valence-corrected chi connectivity index (χ0v) is 12.2. The van der Waals surface area contributed by atoms with E-state index in [-0.39, 0.29) is 0 Å². The van der Waals surface area contributed by atoms with E-state index >= 15 is 0 Å².